The van der Waals surface area contributed by atoms with Crippen molar-refractivity contribution >= 4 is 11.9 Å². The van der Waals surface area contributed by atoms with Gasteiger partial charge in [-0.2, -0.15) is 13.2 Å². The van der Waals surface area contributed by atoms with Gasteiger partial charge in [0.05, 0.1) is 11.5 Å². The molecule has 1 saturated heterocycles. The van der Waals surface area contributed by atoms with Crippen LogP contribution in [0.1, 0.15) is 43.4 Å². The molecule has 0 aromatic carbocycles. The number of alkyl halides is 3. The van der Waals surface area contributed by atoms with E-state index in [9.17, 15) is 22.8 Å². The minimum absolute atomic E-state index is 0.0467. The highest BCUT2D eigenvalue weighted by molar-refractivity contribution is 5.87. The molecule has 6 nitrogen and oxygen atoms in total. The van der Waals surface area contributed by atoms with E-state index in [0.29, 0.717) is 0 Å². The molecule has 1 aliphatic heterocycles. The van der Waals surface area contributed by atoms with E-state index < -0.39 is 30.4 Å². The number of rotatable bonds is 4. The van der Waals surface area contributed by atoms with Crippen molar-refractivity contribution in [1.29, 1.82) is 0 Å². The molecule has 3 rings (SSSR count). The van der Waals surface area contributed by atoms with E-state index in [1.807, 2.05) is 0 Å². The second-order valence-corrected chi connectivity index (χ2v) is 6.18. The number of aromatic nitrogens is 1. The lowest BCUT2D eigenvalue weighted by Gasteiger charge is -2.23. The fourth-order valence-electron chi connectivity index (χ4n) is 3.32. The topological polar surface area (TPSA) is 72.6 Å². The Balaban J connectivity index is 1.56. The maximum absolute atomic E-state index is 12.7. The van der Waals surface area contributed by atoms with Crippen molar-refractivity contribution in [2.24, 2.45) is 5.92 Å². The van der Waals surface area contributed by atoms with Crippen molar-refractivity contribution in [3.63, 3.8) is 0 Å². The number of nitrogens with zero attached hydrogens (tertiary/aromatic N) is 2. The Morgan fingerprint density at radius 1 is 1.38 bits per heavy atom. The van der Waals surface area contributed by atoms with Gasteiger partial charge in [0.1, 0.15) is 12.9 Å². The van der Waals surface area contributed by atoms with E-state index in [0.717, 1.165) is 31.9 Å². The van der Waals surface area contributed by atoms with E-state index in [-0.39, 0.29) is 30.5 Å². The van der Waals surface area contributed by atoms with Gasteiger partial charge in [0.2, 0.25) is 5.91 Å². The fourth-order valence-corrected chi connectivity index (χ4v) is 3.32. The summed E-state index contributed by atoms with van der Waals surface area (Å²) < 4.78 is 47.3. The van der Waals surface area contributed by atoms with Crippen molar-refractivity contribution in [3.8, 4) is 0 Å². The lowest BCUT2D eigenvalue weighted by molar-refractivity contribution is -0.152. The summed E-state index contributed by atoms with van der Waals surface area (Å²) in [6, 6.07) is 0.171. The van der Waals surface area contributed by atoms with E-state index in [1.165, 1.54) is 0 Å². The first-order valence-electron chi connectivity index (χ1n) is 7.83. The van der Waals surface area contributed by atoms with Crippen LogP contribution in [0.25, 0.3) is 0 Å². The van der Waals surface area contributed by atoms with Gasteiger partial charge in [0, 0.05) is 19.0 Å². The first kappa shape index (κ1) is 16.8. The third kappa shape index (κ3) is 3.39. The number of esters is 1. The molecule has 1 atom stereocenters. The number of hydrogen-bond donors (Lipinski definition) is 0. The average Bonchev–Trinajstić information content (AvgIpc) is 3.23. The highest BCUT2D eigenvalue weighted by Crippen LogP contribution is 2.32. The second-order valence-electron chi connectivity index (χ2n) is 6.18. The Labute approximate surface area is 135 Å². The molecule has 9 heteroatoms. The molecule has 1 amide bonds. The van der Waals surface area contributed by atoms with Crippen LogP contribution < -0.4 is 0 Å². The zero-order chi connectivity index (χ0) is 17.3. The largest absolute Gasteiger partial charge is 0.460 e. The highest BCUT2D eigenvalue weighted by Gasteiger charge is 2.40. The Bertz CT molecular complexity index is 622. The number of carbonyl (C=O) groups is 2. The Morgan fingerprint density at radius 2 is 2.08 bits per heavy atom. The Morgan fingerprint density at radius 3 is 2.75 bits per heavy atom. The Kier molecular flexibility index (Phi) is 4.51. The summed E-state index contributed by atoms with van der Waals surface area (Å²) in [6.45, 7) is -0.302. The molecule has 132 valence electrons. The number of amides is 1. The van der Waals surface area contributed by atoms with Crippen LogP contribution in [-0.2, 0) is 27.1 Å². The summed E-state index contributed by atoms with van der Waals surface area (Å²) in [6.07, 6.45) is 0.185. The summed E-state index contributed by atoms with van der Waals surface area (Å²) in [5, 5.41) is 2.89. The molecule has 0 bridgehead atoms. The molecule has 2 aliphatic rings. The SMILES string of the molecule is O=C(OCc1conc1C(F)(F)F)[C@@H]1CC(=O)N(C2CCCC2)C1. The normalized spacial score (nSPS) is 22.4. The summed E-state index contributed by atoms with van der Waals surface area (Å²) >= 11 is 0. The van der Waals surface area contributed by atoms with Crippen LogP contribution in [0.3, 0.4) is 0 Å². The molecule has 2 heterocycles. The molecule has 1 aromatic heterocycles. The third-order valence-electron chi connectivity index (χ3n) is 4.54. The standard InChI is InChI=1S/C15H17F3N2O4/c16-15(17,18)13-10(8-24-19-13)7-23-14(22)9-5-12(21)20(6-9)11-3-1-2-4-11/h8-9,11H,1-7H2/t9-/m1/s1. The molecular weight excluding hydrogens is 329 g/mol. The van der Waals surface area contributed by atoms with Gasteiger partial charge < -0.3 is 14.2 Å². The van der Waals surface area contributed by atoms with Gasteiger partial charge >= 0.3 is 12.1 Å². The van der Waals surface area contributed by atoms with E-state index in [4.69, 9.17) is 4.74 Å². The summed E-state index contributed by atoms with van der Waals surface area (Å²) in [4.78, 5) is 25.8. The highest BCUT2D eigenvalue weighted by atomic mass is 19.4. The molecule has 0 N–H and O–H groups in total. The predicted octanol–water partition coefficient (Wildman–Crippen LogP) is 2.53. The van der Waals surface area contributed by atoms with E-state index in [1.54, 1.807) is 4.90 Å². The lowest BCUT2D eigenvalue weighted by Crippen LogP contribution is -2.35. The zero-order valence-corrected chi connectivity index (χ0v) is 12.8. The van der Waals surface area contributed by atoms with Gasteiger partial charge in [0.25, 0.3) is 0 Å². The molecule has 0 radical (unpaired) electrons. The summed E-state index contributed by atoms with van der Waals surface area (Å²) in [5.41, 5.74) is -1.54. The molecule has 2 fully saturated rings. The van der Waals surface area contributed by atoms with E-state index >= 15 is 0 Å². The van der Waals surface area contributed by atoms with Gasteiger partial charge in [-0.1, -0.05) is 18.0 Å². The van der Waals surface area contributed by atoms with Crippen LogP contribution in [-0.4, -0.2) is 34.5 Å². The maximum Gasteiger partial charge on any atom is 0.437 e. The summed E-state index contributed by atoms with van der Waals surface area (Å²) in [5.74, 6) is -1.39. The minimum atomic E-state index is -4.67. The van der Waals surface area contributed by atoms with Crippen molar-refractivity contribution in [1.82, 2.24) is 10.1 Å². The van der Waals surface area contributed by atoms with Crippen LogP contribution in [0.5, 0.6) is 0 Å². The number of likely N-dealkylation sites (tertiary alicyclic amines) is 1. The molecule has 24 heavy (non-hydrogen) atoms. The zero-order valence-electron chi connectivity index (χ0n) is 12.8. The van der Waals surface area contributed by atoms with Crippen LogP contribution >= 0.6 is 0 Å². The molecular formula is C15H17F3N2O4. The minimum Gasteiger partial charge on any atom is -0.460 e. The summed E-state index contributed by atoms with van der Waals surface area (Å²) in [7, 11) is 0. The van der Waals surface area contributed by atoms with Gasteiger partial charge in [-0.25, -0.2) is 0 Å². The first-order chi connectivity index (χ1) is 11.4. The van der Waals surface area contributed by atoms with Crippen LogP contribution in [0.4, 0.5) is 13.2 Å². The predicted molar refractivity (Wildman–Crippen MR) is 73.4 cm³/mol. The average molecular weight is 346 g/mol. The van der Waals surface area contributed by atoms with Gasteiger partial charge in [-0.15, -0.1) is 0 Å². The van der Waals surface area contributed by atoms with Crippen molar-refractivity contribution in [2.45, 2.75) is 50.9 Å². The fraction of sp³-hybridized carbons (Fsp3) is 0.667. The van der Waals surface area contributed by atoms with Crippen LogP contribution in [0.2, 0.25) is 0 Å². The number of carbonyl (C=O) groups excluding carboxylic acids is 2. The second kappa shape index (κ2) is 6.45. The van der Waals surface area contributed by atoms with Crippen molar-refractivity contribution < 1.29 is 32.0 Å². The van der Waals surface area contributed by atoms with Gasteiger partial charge in [0.15, 0.2) is 5.69 Å². The quantitative estimate of drug-likeness (QED) is 0.784. The molecule has 1 aromatic rings. The molecule has 1 aliphatic carbocycles. The smallest absolute Gasteiger partial charge is 0.437 e. The molecule has 1 saturated carbocycles. The maximum atomic E-state index is 12.7. The van der Waals surface area contributed by atoms with Crippen molar-refractivity contribution in [3.05, 3.63) is 17.5 Å². The van der Waals surface area contributed by atoms with Gasteiger partial charge in [-0.3, -0.25) is 9.59 Å². The monoisotopic (exact) mass is 346 g/mol. The number of ether oxygens (including phenoxy) is 1. The third-order valence-corrected chi connectivity index (χ3v) is 4.54. The van der Waals surface area contributed by atoms with Gasteiger partial charge in [-0.05, 0) is 12.8 Å². The number of halogens is 3. The van der Waals surface area contributed by atoms with Crippen molar-refractivity contribution in [2.75, 3.05) is 6.54 Å². The lowest BCUT2D eigenvalue weighted by atomic mass is 10.1. The Hall–Kier alpha value is -2.06. The number of hydrogen-bond acceptors (Lipinski definition) is 5. The van der Waals surface area contributed by atoms with Crippen LogP contribution in [0.15, 0.2) is 10.8 Å². The van der Waals surface area contributed by atoms with Crippen LogP contribution in [0, 0.1) is 5.92 Å². The molecule has 0 unspecified atom stereocenters. The first-order valence-corrected chi connectivity index (χ1v) is 7.83. The molecule has 0 spiro atoms. The van der Waals surface area contributed by atoms with E-state index in [2.05, 4.69) is 9.68 Å².